The summed E-state index contributed by atoms with van der Waals surface area (Å²) in [5.41, 5.74) is 1.37. The topological polar surface area (TPSA) is 31.2 Å². The number of terminal acetylenes is 2. The van der Waals surface area contributed by atoms with Gasteiger partial charge in [-0.1, -0.05) is 0 Å². The van der Waals surface area contributed by atoms with Crippen molar-refractivity contribution < 1.29 is 9.53 Å². The van der Waals surface area contributed by atoms with Gasteiger partial charge in [0.1, 0.15) is 5.60 Å². The highest BCUT2D eigenvalue weighted by molar-refractivity contribution is 5.73. The van der Waals surface area contributed by atoms with Crippen LogP contribution in [0.4, 0.5) is 4.79 Å². The normalized spacial score (nSPS) is 10.8. The van der Waals surface area contributed by atoms with E-state index in [-0.39, 0.29) is 6.09 Å². The van der Waals surface area contributed by atoms with Crippen LogP contribution in [0.15, 0.2) is 12.1 Å². The highest BCUT2D eigenvalue weighted by Gasteiger charge is 2.21. The molecule has 0 aliphatic rings. The second-order valence-electron chi connectivity index (χ2n) is 6.25. The van der Waals surface area contributed by atoms with Crippen molar-refractivity contribution in [1.82, 2.24) is 4.57 Å². The number of nitrogens with zero attached hydrogens (tertiary/aromatic N) is 1. The maximum Gasteiger partial charge on any atom is 0.418 e. The first-order valence-electron chi connectivity index (χ1n) is 7.69. The molecule has 22 heavy (non-hydrogen) atoms. The summed E-state index contributed by atoms with van der Waals surface area (Å²) in [7, 11) is 0. The van der Waals surface area contributed by atoms with E-state index in [1.54, 1.807) is 4.57 Å². The van der Waals surface area contributed by atoms with Gasteiger partial charge in [0.15, 0.2) is 0 Å². The predicted molar refractivity (Wildman–Crippen MR) is 89.6 cm³/mol. The number of unbranched alkanes of at least 4 members (excludes halogenated alkanes) is 2. The van der Waals surface area contributed by atoms with Gasteiger partial charge in [0, 0.05) is 24.2 Å². The van der Waals surface area contributed by atoms with E-state index < -0.39 is 5.60 Å². The fourth-order valence-electron chi connectivity index (χ4n) is 2.20. The molecule has 0 fully saturated rings. The van der Waals surface area contributed by atoms with Gasteiger partial charge in [-0.15, -0.1) is 24.7 Å². The van der Waals surface area contributed by atoms with Crippen LogP contribution in [0.5, 0.6) is 0 Å². The molecule has 0 bridgehead atoms. The minimum Gasteiger partial charge on any atom is -0.443 e. The number of aryl methyl sites for hydroxylation is 2. The third-order valence-corrected chi connectivity index (χ3v) is 3.13. The molecule has 0 saturated heterocycles. The molecule has 0 unspecified atom stereocenters. The van der Waals surface area contributed by atoms with E-state index in [9.17, 15) is 4.79 Å². The molecule has 0 atom stereocenters. The maximum absolute atomic E-state index is 12.5. The molecule has 0 spiro atoms. The number of hydrogen-bond donors (Lipinski definition) is 0. The summed E-state index contributed by atoms with van der Waals surface area (Å²) < 4.78 is 7.20. The molecule has 0 aliphatic carbocycles. The van der Waals surface area contributed by atoms with Crippen molar-refractivity contribution in [3.05, 3.63) is 23.5 Å². The van der Waals surface area contributed by atoms with Crippen molar-refractivity contribution in [2.45, 2.75) is 64.9 Å². The zero-order valence-corrected chi connectivity index (χ0v) is 13.8. The van der Waals surface area contributed by atoms with Crippen LogP contribution in [-0.4, -0.2) is 16.3 Å². The Morgan fingerprint density at radius 3 is 1.91 bits per heavy atom. The Hall–Kier alpha value is -2.13. The van der Waals surface area contributed by atoms with Gasteiger partial charge in [0.2, 0.25) is 0 Å². The lowest BCUT2D eigenvalue weighted by Crippen LogP contribution is -2.29. The number of carbonyl (C=O) groups is 1. The molecule has 1 aromatic rings. The summed E-state index contributed by atoms with van der Waals surface area (Å²) in [5, 5.41) is 0. The van der Waals surface area contributed by atoms with Crippen molar-refractivity contribution in [1.29, 1.82) is 0 Å². The first kappa shape index (κ1) is 17.9. The van der Waals surface area contributed by atoms with Crippen molar-refractivity contribution in [3.63, 3.8) is 0 Å². The summed E-state index contributed by atoms with van der Waals surface area (Å²) in [6, 6.07) is 3.96. The highest BCUT2D eigenvalue weighted by atomic mass is 16.6. The van der Waals surface area contributed by atoms with E-state index in [0.717, 1.165) is 37.1 Å². The Labute approximate surface area is 134 Å². The average Bonchev–Trinajstić information content (AvgIpc) is 2.81. The molecule has 0 radical (unpaired) electrons. The van der Waals surface area contributed by atoms with Gasteiger partial charge >= 0.3 is 6.09 Å². The Bertz CT molecular complexity index is 539. The van der Waals surface area contributed by atoms with Gasteiger partial charge in [0.05, 0.1) is 0 Å². The standard InChI is InChI=1S/C19H25NO2/c1-6-8-10-12-16-14-15-17(13-11-9-7-2)20(16)18(21)22-19(3,4)5/h1-2,14-15H,8-13H2,3-5H3. The number of rotatable bonds is 6. The fraction of sp³-hybridized carbons (Fsp3) is 0.526. The zero-order valence-electron chi connectivity index (χ0n) is 13.8. The molecule has 118 valence electrons. The van der Waals surface area contributed by atoms with Gasteiger partial charge in [-0.05, 0) is 58.6 Å². The Morgan fingerprint density at radius 1 is 1.09 bits per heavy atom. The minimum absolute atomic E-state index is 0.330. The second kappa shape index (κ2) is 8.35. The molecule has 0 saturated carbocycles. The molecule has 3 nitrogen and oxygen atoms in total. The molecule has 0 amide bonds. The lowest BCUT2D eigenvalue weighted by atomic mass is 10.2. The highest BCUT2D eigenvalue weighted by Crippen LogP contribution is 2.18. The van der Waals surface area contributed by atoms with E-state index in [1.807, 2.05) is 32.9 Å². The van der Waals surface area contributed by atoms with Crippen LogP contribution < -0.4 is 0 Å². The molecular formula is C19H25NO2. The monoisotopic (exact) mass is 299 g/mol. The largest absolute Gasteiger partial charge is 0.443 e. The van der Waals surface area contributed by atoms with Crippen LogP contribution >= 0.6 is 0 Å². The number of hydrogen-bond acceptors (Lipinski definition) is 2. The molecule has 3 heteroatoms. The second-order valence-corrected chi connectivity index (χ2v) is 6.25. The molecule has 1 heterocycles. The molecular weight excluding hydrogens is 274 g/mol. The van der Waals surface area contributed by atoms with E-state index in [2.05, 4.69) is 11.8 Å². The number of aromatic nitrogens is 1. The van der Waals surface area contributed by atoms with Gasteiger partial charge in [-0.25, -0.2) is 4.79 Å². The maximum atomic E-state index is 12.5. The van der Waals surface area contributed by atoms with E-state index in [1.165, 1.54) is 0 Å². The lowest BCUT2D eigenvalue weighted by Gasteiger charge is -2.21. The van der Waals surface area contributed by atoms with Crippen molar-refractivity contribution in [3.8, 4) is 24.7 Å². The van der Waals surface area contributed by atoms with Gasteiger partial charge in [-0.2, -0.15) is 0 Å². The SMILES string of the molecule is C#CCCCc1ccc(CCCC#C)n1C(=O)OC(C)(C)C. The fourth-order valence-corrected chi connectivity index (χ4v) is 2.20. The van der Waals surface area contributed by atoms with Crippen LogP contribution in [0.3, 0.4) is 0 Å². The molecule has 1 aromatic heterocycles. The quantitative estimate of drug-likeness (QED) is 0.583. The van der Waals surface area contributed by atoms with E-state index in [4.69, 9.17) is 17.6 Å². The zero-order chi connectivity index (χ0) is 16.6. The van der Waals surface area contributed by atoms with Gasteiger partial charge in [-0.3, -0.25) is 4.57 Å². The van der Waals surface area contributed by atoms with Crippen LogP contribution in [0, 0.1) is 24.7 Å². The van der Waals surface area contributed by atoms with Crippen LogP contribution in [0.25, 0.3) is 0 Å². The Balaban J connectivity index is 2.95. The third-order valence-electron chi connectivity index (χ3n) is 3.13. The molecule has 0 aromatic carbocycles. The van der Waals surface area contributed by atoms with Crippen molar-refractivity contribution in [2.75, 3.05) is 0 Å². The summed E-state index contributed by atoms with van der Waals surface area (Å²) in [6.45, 7) is 5.60. The van der Waals surface area contributed by atoms with E-state index >= 15 is 0 Å². The van der Waals surface area contributed by atoms with Crippen molar-refractivity contribution in [2.24, 2.45) is 0 Å². The predicted octanol–water partition coefficient (Wildman–Crippen LogP) is 4.18. The van der Waals surface area contributed by atoms with Gasteiger partial charge < -0.3 is 4.74 Å². The lowest BCUT2D eigenvalue weighted by molar-refractivity contribution is 0.0528. The minimum atomic E-state index is -0.520. The summed E-state index contributed by atoms with van der Waals surface area (Å²) in [4.78, 5) is 12.5. The molecule has 0 aliphatic heterocycles. The summed E-state index contributed by atoms with van der Waals surface area (Å²) in [6.07, 6.45) is 14.9. The number of ether oxygens (including phenoxy) is 1. The number of carbonyl (C=O) groups excluding carboxylic acids is 1. The average molecular weight is 299 g/mol. The molecule has 1 rings (SSSR count). The third kappa shape index (κ3) is 5.70. The molecule has 0 N–H and O–H groups in total. The van der Waals surface area contributed by atoms with Crippen LogP contribution in [-0.2, 0) is 17.6 Å². The smallest absolute Gasteiger partial charge is 0.418 e. The first-order chi connectivity index (χ1) is 10.4. The summed E-state index contributed by atoms with van der Waals surface area (Å²) >= 11 is 0. The van der Waals surface area contributed by atoms with Crippen LogP contribution in [0.1, 0.15) is 57.8 Å². The van der Waals surface area contributed by atoms with E-state index in [0.29, 0.717) is 12.8 Å². The Morgan fingerprint density at radius 2 is 1.55 bits per heavy atom. The van der Waals surface area contributed by atoms with Crippen LogP contribution in [0.2, 0.25) is 0 Å². The van der Waals surface area contributed by atoms with Crippen molar-refractivity contribution >= 4 is 6.09 Å². The summed E-state index contributed by atoms with van der Waals surface area (Å²) in [5.74, 6) is 5.25. The Kier molecular flexibility index (Phi) is 6.80. The first-order valence-corrected chi connectivity index (χ1v) is 7.69. The van der Waals surface area contributed by atoms with Gasteiger partial charge in [0.25, 0.3) is 0 Å².